The van der Waals surface area contributed by atoms with Gasteiger partial charge in [-0.2, -0.15) is 0 Å². The molecule has 2 unspecified atom stereocenters. The summed E-state index contributed by atoms with van der Waals surface area (Å²) in [5, 5.41) is 11.3. The fourth-order valence-corrected chi connectivity index (χ4v) is 6.00. The minimum atomic E-state index is -1.63. The number of hydrogen-bond donors (Lipinski definition) is 1. The van der Waals surface area contributed by atoms with Crippen LogP contribution in [0.4, 0.5) is 18.0 Å². The molecule has 1 N–H and O–H groups in total. The van der Waals surface area contributed by atoms with Gasteiger partial charge >= 0.3 is 6.09 Å². The van der Waals surface area contributed by atoms with Gasteiger partial charge in [0.15, 0.2) is 17.5 Å². The summed E-state index contributed by atoms with van der Waals surface area (Å²) in [5.74, 6) is -4.40. The van der Waals surface area contributed by atoms with Gasteiger partial charge in [0.2, 0.25) is 0 Å². The highest BCUT2D eigenvalue weighted by Gasteiger charge is 2.50. The fraction of sp³-hybridized carbons (Fsp3) is 0.321. The number of morpholine rings is 1. The van der Waals surface area contributed by atoms with Crippen LogP contribution in [0.25, 0.3) is 11.1 Å². The van der Waals surface area contributed by atoms with Gasteiger partial charge in [-0.25, -0.2) is 18.0 Å². The van der Waals surface area contributed by atoms with Crippen molar-refractivity contribution in [3.05, 3.63) is 94.8 Å². The van der Waals surface area contributed by atoms with E-state index in [2.05, 4.69) is 12.1 Å². The molecule has 6 rings (SSSR count). The number of hydrogen-bond acceptors (Lipinski definition) is 4. The van der Waals surface area contributed by atoms with Gasteiger partial charge in [-0.15, -0.1) is 0 Å². The molecule has 1 aliphatic carbocycles. The molecule has 186 valence electrons. The lowest BCUT2D eigenvalue weighted by Gasteiger charge is -2.51. The number of benzene rings is 3. The quantitative estimate of drug-likeness (QED) is 0.514. The first-order valence-electron chi connectivity index (χ1n) is 11.9. The van der Waals surface area contributed by atoms with E-state index in [1.54, 1.807) is 4.90 Å². The second-order valence-electron chi connectivity index (χ2n) is 9.75. The standard InChI is InChI=1S/C28H24F3NO4/c29-24-9-16(10-25(30)26(24)31)28(34)11-17-13-35-14-18(12-28)32(17)27(33)36-15-23-21-7-3-1-5-19(21)20-6-2-4-8-22(20)23/h1-10,17-18,23,34H,11-15H2. The van der Waals surface area contributed by atoms with Crippen molar-refractivity contribution in [3.63, 3.8) is 0 Å². The van der Waals surface area contributed by atoms with Crippen molar-refractivity contribution in [3.8, 4) is 11.1 Å². The maximum absolute atomic E-state index is 13.9. The molecule has 2 bridgehead atoms. The Kier molecular flexibility index (Phi) is 5.53. The second kappa shape index (κ2) is 8.64. The number of ether oxygens (including phenoxy) is 2. The molecule has 2 aliphatic heterocycles. The average molecular weight is 495 g/mol. The average Bonchev–Trinajstić information content (AvgIpc) is 3.18. The summed E-state index contributed by atoms with van der Waals surface area (Å²) in [6, 6.07) is 16.6. The molecule has 0 radical (unpaired) electrons. The van der Waals surface area contributed by atoms with Crippen molar-refractivity contribution in [2.45, 2.75) is 36.4 Å². The number of piperidine rings is 1. The van der Waals surface area contributed by atoms with Crippen molar-refractivity contribution in [2.75, 3.05) is 19.8 Å². The van der Waals surface area contributed by atoms with Crippen LogP contribution in [-0.4, -0.2) is 48.0 Å². The zero-order valence-electron chi connectivity index (χ0n) is 19.3. The molecule has 2 fully saturated rings. The maximum atomic E-state index is 13.9. The van der Waals surface area contributed by atoms with E-state index in [0.717, 1.165) is 34.4 Å². The first kappa shape index (κ1) is 23.1. The number of rotatable bonds is 3. The molecule has 0 saturated carbocycles. The molecule has 3 aromatic rings. The van der Waals surface area contributed by atoms with Gasteiger partial charge in [0, 0.05) is 18.8 Å². The summed E-state index contributed by atoms with van der Waals surface area (Å²) in [5.41, 5.74) is 2.77. The van der Waals surface area contributed by atoms with Gasteiger partial charge in [-0.1, -0.05) is 48.5 Å². The summed E-state index contributed by atoms with van der Waals surface area (Å²) in [6.45, 7) is 0.451. The third kappa shape index (κ3) is 3.67. The summed E-state index contributed by atoms with van der Waals surface area (Å²) in [6.07, 6.45) is -0.551. The van der Waals surface area contributed by atoms with Crippen LogP contribution in [0.3, 0.4) is 0 Å². The molecule has 3 aliphatic rings. The number of carbonyl (C=O) groups excluding carboxylic acids is 1. The molecule has 8 heteroatoms. The molecule has 3 aromatic carbocycles. The first-order valence-corrected chi connectivity index (χ1v) is 11.9. The lowest BCUT2D eigenvalue weighted by Crippen LogP contribution is -2.62. The fourth-order valence-electron chi connectivity index (χ4n) is 6.00. The normalized spacial score (nSPS) is 24.8. The van der Waals surface area contributed by atoms with Gasteiger partial charge in [-0.3, -0.25) is 4.90 Å². The van der Waals surface area contributed by atoms with Crippen LogP contribution in [0.2, 0.25) is 0 Å². The summed E-state index contributed by atoms with van der Waals surface area (Å²) in [7, 11) is 0. The monoisotopic (exact) mass is 495 g/mol. The van der Waals surface area contributed by atoms with Gasteiger partial charge in [-0.05, 0) is 39.9 Å². The SMILES string of the molecule is O=C(OCC1c2ccccc2-c2ccccc21)N1C2COCC1CC(O)(c1cc(F)c(F)c(F)c1)C2. The molecule has 0 spiro atoms. The van der Waals surface area contributed by atoms with Crippen LogP contribution in [0.1, 0.15) is 35.4 Å². The summed E-state index contributed by atoms with van der Waals surface area (Å²) >= 11 is 0. The minimum Gasteiger partial charge on any atom is -0.448 e. The predicted molar refractivity (Wildman–Crippen MR) is 125 cm³/mol. The van der Waals surface area contributed by atoms with E-state index in [4.69, 9.17) is 9.47 Å². The smallest absolute Gasteiger partial charge is 0.410 e. The van der Waals surface area contributed by atoms with Crippen LogP contribution in [-0.2, 0) is 15.1 Å². The van der Waals surface area contributed by atoms with E-state index in [1.165, 1.54) is 0 Å². The molecule has 36 heavy (non-hydrogen) atoms. The Balaban J connectivity index is 1.21. The Morgan fingerprint density at radius 3 is 2.03 bits per heavy atom. The first-order chi connectivity index (χ1) is 17.4. The Bertz CT molecular complexity index is 1260. The maximum Gasteiger partial charge on any atom is 0.410 e. The van der Waals surface area contributed by atoms with Crippen LogP contribution in [0, 0.1) is 17.5 Å². The van der Waals surface area contributed by atoms with E-state index >= 15 is 0 Å². The third-order valence-electron chi connectivity index (χ3n) is 7.62. The number of fused-ring (bicyclic) bond motifs is 5. The highest BCUT2D eigenvalue weighted by Crippen LogP contribution is 2.45. The highest BCUT2D eigenvalue weighted by atomic mass is 19.2. The van der Waals surface area contributed by atoms with E-state index in [0.29, 0.717) is 0 Å². The molecule has 2 atom stereocenters. The zero-order chi connectivity index (χ0) is 25.0. The minimum absolute atomic E-state index is 0.0157. The lowest BCUT2D eigenvalue weighted by atomic mass is 9.77. The Morgan fingerprint density at radius 1 is 0.944 bits per heavy atom. The van der Waals surface area contributed by atoms with Crippen molar-refractivity contribution in [1.29, 1.82) is 0 Å². The molecule has 2 heterocycles. The Morgan fingerprint density at radius 2 is 1.47 bits per heavy atom. The molecular formula is C28H24F3NO4. The molecule has 0 aromatic heterocycles. The van der Waals surface area contributed by atoms with Crippen molar-refractivity contribution in [1.82, 2.24) is 4.90 Å². The Hall–Kier alpha value is -3.36. The van der Waals surface area contributed by atoms with Gasteiger partial charge in [0.1, 0.15) is 6.61 Å². The zero-order valence-corrected chi connectivity index (χ0v) is 19.3. The Labute approximate surface area is 206 Å². The van der Waals surface area contributed by atoms with Crippen molar-refractivity contribution >= 4 is 6.09 Å². The van der Waals surface area contributed by atoms with Crippen LogP contribution >= 0.6 is 0 Å². The van der Waals surface area contributed by atoms with E-state index in [9.17, 15) is 23.1 Å². The molecule has 1 amide bonds. The molecule has 5 nitrogen and oxygen atoms in total. The van der Waals surface area contributed by atoms with Crippen LogP contribution < -0.4 is 0 Å². The van der Waals surface area contributed by atoms with Crippen molar-refractivity contribution in [2.24, 2.45) is 0 Å². The number of nitrogens with zero attached hydrogens (tertiary/aromatic N) is 1. The number of amides is 1. The topological polar surface area (TPSA) is 59.0 Å². The van der Waals surface area contributed by atoms with Crippen LogP contribution in [0.5, 0.6) is 0 Å². The van der Waals surface area contributed by atoms with Crippen molar-refractivity contribution < 1.29 is 32.5 Å². The summed E-state index contributed by atoms with van der Waals surface area (Å²) < 4.78 is 52.7. The second-order valence-corrected chi connectivity index (χ2v) is 9.75. The largest absolute Gasteiger partial charge is 0.448 e. The van der Waals surface area contributed by atoms with Gasteiger partial charge in [0.05, 0.1) is 30.9 Å². The molecule has 2 saturated heterocycles. The van der Waals surface area contributed by atoms with Crippen LogP contribution in [0.15, 0.2) is 60.7 Å². The van der Waals surface area contributed by atoms with E-state index < -0.39 is 41.2 Å². The number of carbonyl (C=O) groups is 1. The number of halogens is 3. The van der Waals surface area contributed by atoms with Gasteiger partial charge < -0.3 is 14.6 Å². The number of aliphatic hydroxyl groups is 1. The summed E-state index contributed by atoms with van der Waals surface area (Å²) in [4.78, 5) is 14.9. The van der Waals surface area contributed by atoms with Gasteiger partial charge in [0.25, 0.3) is 0 Å². The predicted octanol–water partition coefficient (Wildman–Crippen LogP) is 5.10. The van der Waals surface area contributed by atoms with E-state index in [1.807, 2.05) is 36.4 Å². The third-order valence-corrected chi connectivity index (χ3v) is 7.62. The van der Waals surface area contributed by atoms with E-state index in [-0.39, 0.29) is 44.1 Å². The lowest BCUT2D eigenvalue weighted by molar-refractivity contribution is -0.136. The molecular weight excluding hydrogens is 471 g/mol. The highest BCUT2D eigenvalue weighted by molar-refractivity contribution is 5.79.